The smallest absolute Gasteiger partial charge is 0.168 e. The first-order valence-electron chi connectivity index (χ1n) is 5.19. The maximum Gasteiger partial charge on any atom is 0.168 e. The highest BCUT2D eigenvalue weighted by Crippen LogP contribution is 2.26. The largest absolute Gasteiger partial charge is 0.496 e. The minimum absolute atomic E-state index is 0.374. The second kappa shape index (κ2) is 4.74. The number of carbonyl (C=O) groups is 1. The van der Waals surface area contributed by atoms with E-state index in [-0.39, 0.29) is 0 Å². The van der Waals surface area contributed by atoms with Gasteiger partial charge in [0.2, 0.25) is 0 Å². The van der Waals surface area contributed by atoms with Crippen LogP contribution in [0.25, 0.3) is 11.4 Å². The molecule has 0 unspecified atom stereocenters. The molecule has 1 aromatic carbocycles. The lowest BCUT2D eigenvalue weighted by Crippen LogP contribution is -1.98. The number of aryl methyl sites for hydroxylation is 1. The molecule has 1 heterocycles. The van der Waals surface area contributed by atoms with Gasteiger partial charge in [0.1, 0.15) is 11.4 Å². The molecule has 4 nitrogen and oxygen atoms in total. The Labute approximate surface area is 99.3 Å². The molecule has 0 saturated heterocycles. The van der Waals surface area contributed by atoms with E-state index in [0.717, 1.165) is 11.3 Å². The van der Waals surface area contributed by atoms with Gasteiger partial charge in [0, 0.05) is 5.69 Å². The normalized spacial score (nSPS) is 10.0. The van der Waals surface area contributed by atoms with Gasteiger partial charge < -0.3 is 4.74 Å². The van der Waals surface area contributed by atoms with E-state index in [4.69, 9.17) is 4.74 Å². The van der Waals surface area contributed by atoms with Crippen molar-refractivity contribution >= 4 is 6.29 Å². The van der Waals surface area contributed by atoms with Crippen LogP contribution in [0, 0.1) is 6.92 Å². The third kappa shape index (κ3) is 2.30. The summed E-state index contributed by atoms with van der Waals surface area (Å²) in [5.74, 6) is 1.19. The van der Waals surface area contributed by atoms with Gasteiger partial charge in [-0.3, -0.25) is 4.79 Å². The second-order valence-corrected chi connectivity index (χ2v) is 3.58. The van der Waals surface area contributed by atoms with E-state index in [0.29, 0.717) is 23.6 Å². The average molecular weight is 228 g/mol. The van der Waals surface area contributed by atoms with Gasteiger partial charge in [0.25, 0.3) is 0 Å². The predicted octanol–water partition coefficient (Wildman–Crippen LogP) is 2.27. The molecule has 0 atom stereocenters. The molecule has 0 radical (unpaired) electrons. The molecule has 1 aromatic heterocycles. The molecule has 0 aliphatic carbocycles. The zero-order valence-corrected chi connectivity index (χ0v) is 9.68. The van der Waals surface area contributed by atoms with Gasteiger partial charge in [-0.1, -0.05) is 12.1 Å². The SMILES string of the molecule is COc1ccccc1-c1nc(C)cc(C=O)n1. The van der Waals surface area contributed by atoms with Crippen molar-refractivity contribution in [3.8, 4) is 17.1 Å². The Hall–Kier alpha value is -2.23. The zero-order chi connectivity index (χ0) is 12.3. The first-order valence-corrected chi connectivity index (χ1v) is 5.19. The monoisotopic (exact) mass is 228 g/mol. The quantitative estimate of drug-likeness (QED) is 0.756. The summed E-state index contributed by atoms with van der Waals surface area (Å²) in [6.45, 7) is 1.83. The van der Waals surface area contributed by atoms with E-state index >= 15 is 0 Å². The Morgan fingerprint density at radius 2 is 2.00 bits per heavy atom. The third-order valence-corrected chi connectivity index (χ3v) is 2.34. The van der Waals surface area contributed by atoms with Crippen LogP contribution in [0.4, 0.5) is 0 Å². The van der Waals surface area contributed by atoms with Gasteiger partial charge in [-0.25, -0.2) is 9.97 Å². The van der Waals surface area contributed by atoms with Crippen LogP contribution in [0.15, 0.2) is 30.3 Å². The second-order valence-electron chi connectivity index (χ2n) is 3.58. The highest BCUT2D eigenvalue weighted by Gasteiger charge is 2.09. The summed E-state index contributed by atoms with van der Waals surface area (Å²) < 4.78 is 5.24. The summed E-state index contributed by atoms with van der Waals surface area (Å²) in [7, 11) is 1.59. The fourth-order valence-electron chi connectivity index (χ4n) is 1.60. The van der Waals surface area contributed by atoms with Gasteiger partial charge in [-0.15, -0.1) is 0 Å². The minimum atomic E-state index is 0.374. The maximum atomic E-state index is 10.8. The zero-order valence-electron chi connectivity index (χ0n) is 9.68. The summed E-state index contributed by atoms with van der Waals surface area (Å²) in [6.07, 6.45) is 0.716. The molecule has 2 rings (SSSR count). The number of nitrogens with zero attached hydrogens (tertiary/aromatic N) is 2. The Morgan fingerprint density at radius 3 is 2.71 bits per heavy atom. The fraction of sp³-hybridized carbons (Fsp3) is 0.154. The number of hydrogen-bond donors (Lipinski definition) is 0. The van der Waals surface area contributed by atoms with Crippen molar-refractivity contribution in [1.29, 1.82) is 0 Å². The summed E-state index contributed by atoms with van der Waals surface area (Å²) in [5.41, 5.74) is 1.91. The topological polar surface area (TPSA) is 52.1 Å². The van der Waals surface area contributed by atoms with Crippen LogP contribution < -0.4 is 4.74 Å². The maximum absolute atomic E-state index is 10.8. The van der Waals surface area contributed by atoms with Gasteiger partial charge in [-0.05, 0) is 25.1 Å². The third-order valence-electron chi connectivity index (χ3n) is 2.34. The molecular weight excluding hydrogens is 216 g/mol. The standard InChI is InChI=1S/C13H12N2O2/c1-9-7-10(8-16)15-13(14-9)11-5-3-4-6-12(11)17-2/h3-8H,1-2H3. The summed E-state index contributed by atoms with van der Waals surface area (Å²) in [6, 6.07) is 9.10. The highest BCUT2D eigenvalue weighted by atomic mass is 16.5. The van der Waals surface area contributed by atoms with Crippen LogP contribution in [-0.2, 0) is 0 Å². The number of aldehydes is 1. The highest BCUT2D eigenvalue weighted by molar-refractivity contribution is 5.74. The Bertz CT molecular complexity index is 553. The van der Waals surface area contributed by atoms with Gasteiger partial charge in [0.15, 0.2) is 12.1 Å². The lowest BCUT2D eigenvalue weighted by atomic mass is 10.2. The molecule has 0 spiro atoms. The van der Waals surface area contributed by atoms with Crippen LogP contribution in [0.2, 0.25) is 0 Å². The minimum Gasteiger partial charge on any atom is -0.496 e. The van der Waals surface area contributed by atoms with E-state index in [2.05, 4.69) is 9.97 Å². The van der Waals surface area contributed by atoms with Gasteiger partial charge >= 0.3 is 0 Å². The van der Waals surface area contributed by atoms with Crippen LogP contribution >= 0.6 is 0 Å². The molecule has 0 N–H and O–H groups in total. The molecule has 2 aromatic rings. The molecule has 86 valence electrons. The fourth-order valence-corrected chi connectivity index (χ4v) is 1.60. The van der Waals surface area contributed by atoms with Crippen molar-refractivity contribution in [2.24, 2.45) is 0 Å². The van der Waals surface area contributed by atoms with E-state index in [1.165, 1.54) is 0 Å². The summed E-state index contributed by atoms with van der Waals surface area (Å²) in [4.78, 5) is 19.3. The van der Waals surface area contributed by atoms with Gasteiger partial charge in [-0.2, -0.15) is 0 Å². The molecule has 0 saturated carbocycles. The van der Waals surface area contributed by atoms with Crippen molar-refractivity contribution in [2.45, 2.75) is 6.92 Å². The first-order chi connectivity index (χ1) is 8.24. The van der Waals surface area contributed by atoms with Crippen molar-refractivity contribution in [3.63, 3.8) is 0 Å². The number of methoxy groups -OCH3 is 1. The predicted molar refractivity (Wildman–Crippen MR) is 64.1 cm³/mol. The van der Waals surface area contributed by atoms with E-state index in [9.17, 15) is 4.79 Å². The van der Waals surface area contributed by atoms with Crippen LogP contribution in [0.1, 0.15) is 16.2 Å². The number of carbonyl (C=O) groups excluding carboxylic acids is 1. The Morgan fingerprint density at radius 1 is 1.24 bits per heavy atom. The van der Waals surface area contributed by atoms with Crippen molar-refractivity contribution in [3.05, 3.63) is 41.7 Å². The molecule has 4 heteroatoms. The van der Waals surface area contributed by atoms with Crippen LogP contribution in [-0.4, -0.2) is 23.4 Å². The number of ether oxygens (including phenoxy) is 1. The molecular formula is C13H12N2O2. The lowest BCUT2D eigenvalue weighted by Gasteiger charge is -2.07. The Kier molecular flexibility index (Phi) is 3.14. The number of aromatic nitrogens is 2. The number of para-hydroxylation sites is 1. The van der Waals surface area contributed by atoms with Crippen LogP contribution in [0.3, 0.4) is 0 Å². The van der Waals surface area contributed by atoms with Crippen LogP contribution in [0.5, 0.6) is 5.75 Å². The number of benzene rings is 1. The number of hydrogen-bond acceptors (Lipinski definition) is 4. The Balaban J connectivity index is 2.59. The molecule has 0 aliphatic rings. The molecule has 0 bridgehead atoms. The average Bonchev–Trinajstić information content (AvgIpc) is 2.37. The van der Waals surface area contributed by atoms with E-state index in [1.54, 1.807) is 13.2 Å². The summed E-state index contributed by atoms with van der Waals surface area (Å²) in [5, 5.41) is 0. The lowest BCUT2D eigenvalue weighted by molar-refractivity contribution is 0.111. The molecule has 0 aliphatic heterocycles. The van der Waals surface area contributed by atoms with Crippen molar-refractivity contribution in [2.75, 3.05) is 7.11 Å². The molecule has 0 amide bonds. The molecule has 0 fully saturated rings. The van der Waals surface area contributed by atoms with Gasteiger partial charge in [0.05, 0.1) is 12.7 Å². The molecule has 17 heavy (non-hydrogen) atoms. The van der Waals surface area contributed by atoms with Crippen molar-refractivity contribution in [1.82, 2.24) is 9.97 Å². The van der Waals surface area contributed by atoms with Crippen molar-refractivity contribution < 1.29 is 9.53 Å². The van der Waals surface area contributed by atoms with E-state index < -0.39 is 0 Å². The summed E-state index contributed by atoms with van der Waals surface area (Å²) >= 11 is 0. The first kappa shape index (κ1) is 11.3. The van der Waals surface area contributed by atoms with E-state index in [1.807, 2.05) is 31.2 Å². The number of rotatable bonds is 3.